The highest BCUT2D eigenvalue weighted by molar-refractivity contribution is 5.94. The van der Waals surface area contributed by atoms with E-state index in [1.807, 2.05) is 43.3 Å². The third-order valence-electron chi connectivity index (χ3n) is 2.84. The number of hydrogen-bond donors (Lipinski definition) is 1. The Kier molecular flexibility index (Phi) is 3.06. The van der Waals surface area contributed by atoms with Crippen LogP contribution in [-0.4, -0.2) is 35.0 Å². The van der Waals surface area contributed by atoms with E-state index >= 15 is 0 Å². The van der Waals surface area contributed by atoms with Gasteiger partial charge in [0.15, 0.2) is 5.69 Å². The topological polar surface area (TPSA) is 58.4 Å². The van der Waals surface area contributed by atoms with E-state index in [-0.39, 0.29) is 5.69 Å². The first-order valence-corrected chi connectivity index (χ1v) is 5.53. The summed E-state index contributed by atoms with van der Waals surface area (Å²) < 4.78 is 1.37. The summed E-state index contributed by atoms with van der Waals surface area (Å²) in [5.74, 6) is -0.971. The van der Waals surface area contributed by atoms with Gasteiger partial charge in [0.1, 0.15) is 0 Å². The van der Waals surface area contributed by atoms with Gasteiger partial charge in [0.05, 0.1) is 6.20 Å². The fraction of sp³-hybridized carbons (Fsp3) is 0.231. The van der Waals surface area contributed by atoms with E-state index in [9.17, 15) is 9.90 Å². The number of rotatable bonds is 3. The first kappa shape index (κ1) is 12.2. The molecule has 1 heterocycles. The van der Waals surface area contributed by atoms with Crippen LogP contribution in [0.4, 0.5) is 5.69 Å². The number of aryl methyl sites for hydroxylation is 1. The van der Waals surface area contributed by atoms with Crippen LogP contribution < -0.4 is 4.90 Å². The third-order valence-corrected chi connectivity index (χ3v) is 2.84. The first-order valence-electron chi connectivity index (χ1n) is 5.53. The Bertz CT molecular complexity index is 570. The van der Waals surface area contributed by atoms with Crippen LogP contribution in [0.5, 0.6) is 0 Å². The van der Waals surface area contributed by atoms with Crippen LogP contribution >= 0.6 is 0 Å². The highest BCUT2D eigenvalue weighted by atomic mass is 16.4. The second kappa shape index (κ2) is 4.52. The minimum atomic E-state index is -0.971. The Morgan fingerprint density at radius 3 is 2.39 bits per heavy atom. The molecule has 0 aliphatic carbocycles. The molecule has 0 spiro atoms. The first-order chi connectivity index (χ1) is 8.50. The van der Waals surface area contributed by atoms with Crippen LogP contribution in [-0.2, 0) is 7.05 Å². The minimum Gasteiger partial charge on any atom is -0.477 e. The zero-order chi connectivity index (χ0) is 13.3. The molecule has 1 N–H and O–H groups in total. The van der Waals surface area contributed by atoms with Crippen molar-refractivity contribution >= 4 is 11.7 Å². The normalized spacial score (nSPS) is 10.4. The van der Waals surface area contributed by atoms with Crippen molar-refractivity contribution in [1.29, 1.82) is 0 Å². The molecule has 1 aromatic heterocycles. The molecular weight excluding hydrogens is 230 g/mol. The van der Waals surface area contributed by atoms with Gasteiger partial charge in [-0.25, -0.2) is 4.79 Å². The number of benzene rings is 1. The summed E-state index contributed by atoms with van der Waals surface area (Å²) in [6.07, 6.45) is 1.58. The highest BCUT2D eigenvalue weighted by Crippen LogP contribution is 2.25. The summed E-state index contributed by atoms with van der Waals surface area (Å²) in [7, 11) is 5.55. The molecule has 0 amide bonds. The molecule has 0 fully saturated rings. The number of carboxylic acid groups (broad SMARTS) is 1. The largest absolute Gasteiger partial charge is 0.477 e. The molecule has 2 aromatic rings. The lowest BCUT2D eigenvalue weighted by Crippen LogP contribution is -2.08. The van der Waals surface area contributed by atoms with Crippen molar-refractivity contribution in [3.8, 4) is 11.1 Å². The van der Waals surface area contributed by atoms with Crippen molar-refractivity contribution < 1.29 is 9.90 Å². The lowest BCUT2D eigenvalue weighted by molar-refractivity contribution is 0.0686. The Hall–Kier alpha value is -2.30. The van der Waals surface area contributed by atoms with Gasteiger partial charge in [-0.05, 0) is 17.7 Å². The van der Waals surface area contributed by atoms with E-state index in [2.05, 4.69) is 5.10 Å². The zero-order valence-electron chi connectivity index (χ0n) is 10.6. The maximum atomic E-state index is 11.2. The van der Waals surface area contributed by atoms with Crippen LogP contribution in [0.3, 0.4) is 0 Å². The zero-order valence-corrected chi connectivity index (χ0v) is 10.6. The molecule has 0 aliphatic heterocycles. The number of carbonyl (C=O) groups is 1. The van der Waals surface area contributed by atoms with E-state index in [1.165, 1.54) is 4.68 Å². The Morgan fingerprint density at radius 1 is 1.28 bits per heavy atom. The number of aromatic carboxylic acids is 1. The molecule has 5 nitrogen and oxygen atoms in total. The summed E-state index contributed by atoms with van der Waals surface area (Å²) >= 11 is 0. The van der Waals surface area contributed by atoms with Gasteiger partial charge < -0.3 is 10.0 Å². The van der Waals surface area contributed by atoms with Crippen molar-refractivity contribution in [2.45, 2.75) is 0 Å². The smallest absolute Gasteiger partial charge is 0.354 e. The molecule has 5 heteroatoms. The average molecular weight is 245 g/mol. The van der Waals surface area contributed by atoms with Crippen molar-refractivity contribution in [2.24, 2.45) is 7.05 Å². The highest BCUT2D eigenvalue weighted by Gasteiger charge is 2.16. The summed E-state index contributed by atoms with van der Waals surface area (Å²) in [5, 5.41) is 13.2. The average Bonchev–Trinajstić information content (AvgIpc) is 2.71. The predicted octanol–water partition coefficient (Wildman–Crippen LogP) is 1.85. The fourth-order valence-electron chi connectivity index (χ4n) is 1.84. The minimum absolute atomic E-state index is 0.201. The van der Waals surface area contributed by atoms with Gasteiger partial charge in [-0.15, -0.1) is 0 Å². The summed E-state index contributed by atoms with van der Waals surface area (Å²) in [6.45, 7) is 0. The monoisotopic (exact) mass is 245 g/mol. The molecular formula is C13H15N3O2. The molecule has 0 saturated heterocycles. The van der Waals surface area contributed by atoms with Gasteiger partial charge in [0.2, 0.25) is 0 Å². The third kappa shape index (κ3) is 2.07. The Labute approximate surface area is 105 Å². The summed E-state index contributed by atoms with van der Waals surface area (Å²) in [5.41, 5.74) is 2.76. The van der Waals surface area contributed by atoms with E-state index < -0.39 is 5.97 Å². The number of carboxylic acids is 1. The van der Waals surface area contributed by atoms with E-state index in [4.69, 9.17) is 0 Å². The van der Waals surface area contributed by atoms with Crippen LogP contribution in [0.25, 0.3) is 11.1 Å². The molecule has 1 aromatic carbocycles. The molecule has 0 bridgehead atoms. The predicted molar refractivity (Wildman–Crippen MR) is 69.9 cm³/mol. The van der Waals surface area contributed by atoms with Crippen molar-refractivity contribution in [3.05, 3.63) is 36.2 Å². The quantitative estimate of drug-likeness (QED) is 0.896. The standard InChI is InChI=1S/C13H15N3O2/c1-15(2)10-6-4-9(5-7-10)11-8-14-16(3)12(11)13(17)18/h4-8H,1-3H3,(H,17,18). The van der Waals surface area contributed by atoms with Crippen molar-refractivity contribution in [1.82, 2.24) is 9.78 Å². The van der Waals surface area contributed by atoms with Gasteiger partial charge in [-0.2, -0.15) is 5.10 Å². The molecule has 18 heavy (non-hydrogen) atoms. The number of hydrogen-bond acceptors (Lipinski definition) is 3. The van der Waals surface area contributed by atoms with Gasteiger partial charge >= 0.3 is 5.97 Å². The Balaban J connectivity index is 2.46. The molecule has 0 radical (unpaired) electrons. The van der Waals surface area contributed by atoms with Crippen LogP contribution in [0.1, 0.15) is 10.5 Å². The second-order valence-electron chi connectivity index (χ2n) is 4.28. The second-order valence-corrected chi connectivity index (χ2v) is 4.28. The number of nitrogens with zero attached hydrogens (tertiary/aromatic N) is 3. The summed E-state index contributed by atoms with van der Waals surface area (Å²) in [4.78, 5) is 13.2. The molecule has 0 saturated carbocycles. The molecule has 94 valence electrons. The lowest BCUT2D eigenvalue weighted by Gasteiger charge is -2.12. The molecule has 0 unspecified atom stereocenters. The van der Waals surface area contributed by atoms with Crippen LogP contribution in [0.2, 0.25) is 0 Å². The van der Waals surface area contributed by atoms with Gasteiger partial charge in [-0.1, -0.05) is 12.1 Å². The van der Waals surface area contributed by atoms with E-state index in [0.29, 0.717) is 5.56 Å². The maximum absolute atomic E-state index is 11.2. The molecule has 2 rings (SSSR count). The summed E-state index contributed by atoms with van der Waals surface area (Å²) in [6, 6.07) is 7.71. The van der Waals surface area contributed by atoms with E-state index in [1.54, 1.807) is 13.2 Å². The SMILES string of the molecule is CN(C)c1ccc(-c2cnn(C)c2C(=O)O)cc1. The Morgan fingerprint density at radius 2 is 1.89 bits per heavy atom. The lowest BCUT2D eigenvalue weighted by atomic mass is 10.1. The van der Waals surface area contributed by atoms with Crippen molar-refractivity contribution in [2.75, 3.05) is 19.0 Å². The molecule has 0 atom stereocenters. The van der Waals surface area contributed by atoms with Gasteiger partial charge in [0, 0.05) is 32.4 Å². The maximum Gasteiger partial charge on any atom is 0.354 e. The van der Waals surface area contributed by atoms with Gasteiger partial charge in [-0.3, -0.25) is 4.68 Å². The number of aromatic nitrogens is 2. The van der Waals surface area contributed by atoms with E-state index in [0.717, 1.165) is 11.3 Å². The van der Waals surface area contributed by atoms with Crippen LogP contribution in [0, 0.1) is 0 Å². The van der Waals surface area contributed by atoms with Crippen molar-refractivity contribution in [3.63, 3.8) is 0 Å². The number of anilines is 1. The van der Waals surface area contributed by atoms with Gasteiger partial charge in [0.25, 0.3) is 0 Å². The van der Waals surface area contributed by atoms with Crippen LogP contribution in [0.15, 0.2) is 30.5 Å². The fourth-order valence-corrected chi connectivity index (χ4v) is 1.84. The molecule has 0 aliphatic rings.